The van der Waals surface area contributed by atoms with Crippen LogP contribution in [0.4, 0.5) is 0 Å². The van der Waals surface area contributed by atoms with Gasteiger partial charge in [-0.1, -0.05) is 22.6 Å². The van der Waals surface area contributed by atoms with Crippen LogP contribution in [0, 0.1) is 0 Å². The number of alkyl halides is 1. The number of hydrogen-bond donors (Lipinski definition) is 0. The third-order valence-electron chi connectivity index (χ3n) is 1.35. The van der Waals surface area contributed by atoms with Crippen molar-refractivity contribution in [2.24, 2.45) is 0 Å². The van der Waals surface area contributed by atoms with Crippen molar-refractivity contribution in [1.82, 2.24) is 0 Å². The molecule has 0 unspecified atom stereocenters. The van der Waals surface area contributed by atoms with Crippen LogP contribution in [0.5, 0.6) is 0 Å². The van der Waals surface area contributed by atoms with Gasteiger partial charge in [0.1, 0.15) is 3.92 Å². The summed E-state index contributed by atoms with van der Waals surface area (Å²) in [7, 11) is 0. The Balaban J connectivity index is 3.82. The Morgan fingerprint density at radius 3 is 2.42 bits per heavy atom. The van der Waals surface area contributed by atoms with Crippen molar-refractivity contribution in [2.45, 2.75) is 30.8 Å². The third-order valence-corrected chi connectivity index (χ3v) is 2.87. The van der Waals surface area contributed by atoms with Crippen molar-refractivity contribution in [2.75, 3.05) is 13.2 Å². The van der Waals surface area contributed by atoms with E-state index >= 15 is 0 Å². The van der Waals surface area contributed by atoms with E-state index in [0.29, 0.717) is 13.2 Å². The summed E-state index contributed by atoms with van der Waals surface area (Å²) in [5.41, 5.74) is 0. The van der Waals surface area contributed by atoms with Crippen molar-refractivity contribution < 1.29 is 14.3 Å². The first-order chi connectivity index (χ1) is 5.63. The Kier molecular flexibility index (Phi) is 6.74. The molecule has 0 aliphatic carbocycles. The molecule has 12 heavy (non-hydrogen) atoms. The summed E-state index contributed by atoms with van der Waals surface area (Å²) in [5, 5.41) is 0. The molecule has 0 heterocycles. The molecule has 0 saturated heterocycles. The van der Waals surface area contributed by atoms with E-state index < -0.39 is 0 Å². The highest BCUT2D eigenvalue weighted by Gasteiger charge is 2.23. The topological polar surface area (TPSA) is 35.5 Å². The molecule has 0 aliphatic rings. The first-order valence-electron chi connectivity index (χ1n) is 4.05. The zero-order valence-electron chi connectivity index (χ0n) is 7.67. The van der Waals surface area contributed by atoms with E-state index in [0.717, 1.165) is 0 Å². The van der Waals surface area contributed by atoms with Crippen LogP contribution in [0.1, 0.15) is 20.8 Å². The molecule has 0 radical (unpaired) electrons. The highest BCUT2D eigenvalue weighted by Crippen LogP contribution is 2.11. The number of carbonyl (C=O) groups is 1. The summed E-state index contributed by atoms with van der Waals surface area (Å²) in [6.45, 7) is 6.63. The Labute approximate surface area is 86.9 Å². The van der Waals surface area contributed by atoms with Gasteiger partial charge in [-0.15, -0.1) is 0 Å². The van der Waals surface area contributed by atoms with Gasteiger partial charge in [0.05, 0.1) is 12.7 Å². The van der Waals surface area contributed by atoms with E-state index in [1.54, 1.807) is 6.92 Å². The maximum absolute atomic E-state index is 11.1. The lowest BCUT2D eigenvalue weighted by Gasteiger charge is -2.16. The summed E-state index contributed by atoms with van der Waals surface area (Å²) in [5.74, 6) is -0.195. The Hall–Kier alpha value is 0.160. The van der Waals surface area contributed by atoms with Crippen LogP contribution in [0.3, 0.4) is 0 Å². The van der Waals surface area contributed by atoms with E-state index in [2.05, 4.69) is 0 Å². The molecule has 0 spiro atoms. The van der Waals surface area contributed by atoms with Gasteiger partial charge >= 0.3 is 5.97 Å². The summed E-state index contributed by atoms with van der Waals surface area (Å²) >= 11 is 2.04. The van der Waals surface area contributed by atoms with Gasteiger partial charge in [-0.05, 0) is 20.8 Å². The van der Waals surface area contributed by atoms with Gasteiger partial charge < -0.3 is 9.47 Å². The van der Waals surface area contributed by atoms with E-state index in [-0.39, 0.29) is 16.0 Å². The molecule has 72 valence electrons. The molecule has 0 bridgehead atoms. The highest BCUT2D eigenvalue weighted by atomic mass is 127. The summed E-state index contributed by atoms with van der Waals surface area (Å²) < 4.78 is 9.90. The normalized spacial score (nSPS) is 15.3. The van der Waals surface area contributed by atoms with Crippen molar-refractivity contribution in [3.8, 4) is 0 Å². The minimum Gasteiger partial charge on any atom is -0.465 e. The predicted octanol–water partition coefficient (Wildman–Crippen LogP) is 1.78. The van der Waals surface area contributed by atoms with Gasteiger partial charge in [0.15, 0.2) is 0 Å². The monoisotopic (exact) mass is 286 g/mol. The van der Waals surface area contributed by atoms with Gasteiger partial charge in [-0.25, -0.2) is 0 Å². The molecular formula is C8H15IO3. The van der Waals surface area contributed by atoms with Gasteiger partial charge in [-0.2, -0.15) is 0 Å². The largest absolute Gasteiger partial charge is 0.465 e. The second kappa shape index (κ2) is 6.65. The molecule has 0 aromatic heterocycles. The highest BCUT2D eigenvalue weighted by molar-refractivity contribution is 14.1. The Morgan fingerprint density at radius 1 is 1.42 bits per heavy atom. The second-order valence-electron chi connectivity index (χ2n) is 2.31. The summed E-state index contributed by atoms with van der Waals surface area (Å²) in [6.07, 6.45) is -0.0744. The van der Waals surface area contributed by atoms with E-state index in [4.69, 9.17) is 9.47 Å². The Bertz CT molecular complexity index is 138. The fourth-order valence-corrected chi connectivity index (χ4v) is 1.15. The number of esters is 1. The predicted molar refractivity (Wildman–Crippen MR) is 55.5 cm³/mol. The van der Waals surface area contributed by atoms with Crippen LogP contribution < -0.4 is 0 Å². The van der Waals surface area contributed by atoms with Gasteiger partial charge in [-0.3, -0.25) is 4.79 Å². The number of hydrogen-bond acceptors (Lipinski definition) is 3. The lowest BCUT2D eigenvalue weighted by Crippen LogP contribution is -2.30. The molecule has 0 aromatic carbocycles. The second-order valence-corrected chi connectivity index (χ2v) is 3.66. The first-order valence-corrected chi connectivity index (χ1v) is 5.30. The lowest BCUT2D eigenvalue weighted by atomic mass is 10.3. The van der Waals surface area contributed by atoms with Gasteiger partial charge in [0, 0.05) is 6.61 Å². The van der Waals surface area contributed by atoms with Gasteiger partial charge in [0.2, 0.25) is 0 Å². The average Bonchev–Trinajstić information content (AvgIpc) is 2.04. The molecule has 4 heteroatoms. The smallest absolute Gasteiger partial charge is 0.321 e. The number of halogens is 1. The van der Waals surface area contributed by atoms with Crippen molar-refractivity contribution in [1.29, 1.82) is 0 Å². The molecule has 0 rings (SSSR count). The van der Waals surface area contributed by atoms with Crippen LogP contribution in [0.15, 0.2) is 0 Å². The fourth-order valence-electron chi connectivity index (χ4n) is 0.761. The molecule has 0 aliphatic heterocycles. The maximum atomic E-state index is 11.1. The van der Waals surface area contributed by atoms with Crippen LogP contribution in [-0.4, -0.2) is 29.2 Å². The van der Waals surface area contributed by atoms with Crippen molar-refractivity contribution in [3.63, 3.8) is 0 Å². The summed E-state index contributed by atoms with van der Waals surface area (Å²) in [4.78, 5) is 11.1. The van der Waals surface area contributed by atoms with Crippen molar-refractivity contribution >= 4 is 28.6 Å². The lowest BCUT2D eigenvalue weighted by molar-refractivity contribution is -0.144. The molecule has 0 aromatic rings. The van der Waals surface area contributed by atoms with Crippen LogP contribution >= 0.6 is 22.6 Å². The quantitative estimate of drug-likeness (QED) is 0.439. The van der Waals surface area contributed by atoms with E-state index in [9.17, 15) is 4.79 Å². The Morgan fingerprint density at radius 2 is 2.00 bits per heavy atom. The molecule has 0 saturated carbocycles. The minimum atomic E-state index is -0.206. The third kappa shape index (κ3) is 4.25. The molecule has 2 atom stereocenters. The van der Waals surface area contributed by atoms with E-state index in [1.165, 1.54) is 0 Å². The number of rotatable bonds is 5. The van der Waals surface area contributed by atoms with Crippen molar-refractivity contribution in [3.05, 3.63) is 0 Å². The first kappa shape index (κ1) is 12.2. The van der Waals surface area contributed by atoms with Gasteiger partial charge in [0.25, 0.3) is 0 Å². The average molecular weight is 286 g/mol. The van der Waals surface area contributed by atoms with E-state index in [1.807, 2.05) is 36.4 Å². The SMILES string of the molecule is CCOC(=O)[C@H](I)[C@@H](C)OCC. The van der Waals surface area contributed by atoms with Crippen LogP contribution in [0.25, 0.3) is 0 Å². The minimum absolute atomic E-state index is 0.0744. The fraction of sp³-hybridized carbons (Fsp3) is 0.875. The maximum Gasteiger partial charge on any atom is 0.321 e. The number of carbonyl (C=O) groups excluding carboxylic acids is 1. The number of ether oxygens (including phenoxy) is 2. The standard InChI is InChI=1S/C8H15IO3/c1-4-11-6(3)7(9)8(10)12-5-2/h6-7H,4-5H2,1-3H3/t6-,7-/m1/s1. The molecular weight excluding hydrogens is 271 g/mol. The zero-order valence-corrected chi connectivity index (χ0v) is 9.83. The molecule has 0 fully saturated rings. The zero-order chi connectivity index (χ0) is 9.56. The molecule has 0 N–H and O–H groups in total. The van der Waals surface area contributed by atoms with Crippen LogP contribution in [-0.2, 0) is 14.3 Å². The van der Waals surface area contributed by atoms with Crippen LogP contribution in [0.2, 0.25) is 0 Å². The molecule has 0 amide bonds. The summed E-state index contributed by atoms with van der Waals surface area (Å²) in [6, 6.07) is 0. The molecule has 3 nitrogen and oxygen atoms in total.